The highest BCUT2D eigenvalue weighted by Gasteiger charge is 2.63. The molecular weight excluding hydrogens is 675 g/mol. The lowest BCUT2D eigenvalue weighted by Gasteiger charge is -2.57. The molecule has 4 aliphatic rings. The second-order valence-corrected chi connectivity index (χ2v) is 15.5. The van der Waals surface area contributed by atoms with Crippen molar-refractivity contribution in [2.45, 2.75) is 70.6 Å². The van der Waals surface area contributed by atoms with Gasteiger partial charge in [0.15, 0.2) is 17.2 Å². The fraction of sp³-hybridized carbons (Fsp3) is 0.486. The summed E-state index contributed by atoms with van der Waals surface area (Å²) in [6.07, 6.45) is 5.14. The standard InChI is InChI=1S/C37H42F3N9O3/c1-35(2,3)52-34(51)47-13-11-36(37(39,40)21-47)19-46(20-36)18-22-14-26(38)31(42-16-22)25-6-5-7-28-24(25)10-12-48(28)30-15-27(41-4)32-43-17-29(49(32)45-30)33(50)44-23-8-9-23/h5-7,14-17,23,41H,8-13,18-21H2,1-4H3,(H,44,50). The number of nitrogens with one attached hydrogen (secondary N) is 2. The van der Waals surface area contributed by atoms with Crippen molar-refractivity contribution in [2.24, 2.45) is 5.41 Å². The van der Waals surface area contributed by atoms with Gasteiger partial charge in [-0.15, -0.1) is 5.10 Å². The van der Waals surface area contributed by atoms with E-state index in [1.165, 1.54) is 12.3 Å². The number of pyridine rings is 1. The number of benzene rings is 1. The zero-order valence-electron chi connectivity index (χ0n) is 29.7. The molecule has 274 valence electrons. The van der Waals surface area contributed by atoms with Crippen LogP contribution in [0.3, 0.4) is 0 Å². The van der Waals surface area contributed by atoms with Crippen molar-refractivity contribution in [3.05, 3.63) is 65.4 Å². The van der Waals surface area contributed by atoms with Gasteiger partial charge in [0.25, 0.3) is 11.8 Å². The largest absolute Gasteiger partial charge is 0.444 e. The Morgan fingerprint density at radius 1 is 1.06 bits per heavy atom. The third-order valence-corrected chi connectivity index (χ3v) is 10.5. The number of nitrogens with zero attached hydrogens (tertiary/aromatic N) is 7. The van der Waals surface area contributed by atoms with E-state index >= 15 is 13.2 Å². The van der Waals surface area contributed by atoms with E-state index in [2.05, 4.69) is 20.6 Å². The fourth-order valence-corrected chi connectivity index (χ4v) is 7.64. The summed E-state index contributed by atoms with van der Waals surface area (Å²) in [6, 6.07) is 9.19. The summed E-state index contributed by atoms with van der Waals surface area (Å²) in [5, 5.41) is 11.0. The van der Waals surface area contributed by atoms with Gasteiger partial charge in [0.05, 0.1) is 23.8 Å². The molecule has 0 unspecified atom stereocenters. The van der Waals surface area contributed by atoms with Crippen molar-refractivity contribution in [3.8, 4) is 11.3 Å². The van der Waals surface area contributed by atoms with Crippen LogP contribution in [0.1, 0.15) is 61.6 Å². The number of anilines is 3. The molecule has 2 amide bonds. The van der Waals surface area contributed by atoms with E-state index in [0.29, 0.717) is 46.9 Å². The zero-order valence-corrected chi connectivity index (χ0v) is 29.7. The Balaban J connectivity index is 0.973. The molecule has 1 aromatic carbocycles. The lowest BCUT2D eigenvalue weighted by Crippen LogP contribution is -2.70. The van der Waals surface area contributed by atoms with E-state index in [1.54, 1.807) is 38.5 Å². The predicted octanol–water partition coefficient (Wildman–Crippen LogP) is 5.64. The highest BCUT2D eigenvalue weighted by atomic mass is 19.3. The van der Waals surface area contributed by atoms with Gasteiger partial charge >= 0.3 is 6.09 Å². The number of halogens is 3. The zero-order chi connectivity index (χ0) is 36.6. The number of ether oxygens (including phenoxy) is 1. The number of hydrogen-bond acceptors (Lipinski definition) is 9. The van der Waals surface area contributed by atoms with Crippen molar-refractivity contribution < 1.29 is 27.5 Å². The van der Waals surface area contributed by atoms with Gasteiger partial charge in [0.1, 0.15) is 17.1 Å². The van der Waals surface area contributed by atoms with Crippen LogP contribution in [-0.2, 0) is 17.7 Å². The normalized spacial score (nSPS) is 19.4. The minimum atomic E-state index is -3.07. The Bertz CT molecular complexity index is 2070. The highest BCUT2D eigenvalue weighted by molar-refractivity contribution is 5.94. The quantitative estimate of drug-likeness (QED) is 0.251. The molecule has 0 radical (unpaired) electrons. The summed E-state index contributed by atoms with van der Waals surface area (Å²) in [5.74, 6) is -3.17. The molecule has 8 rings (SSSR count). The Morgan fingerprint density at radius 2 is 1.85 bits per heavy atom. The number of piperidine rings is 1. The third kappa shape index (κ3) is 6.07. The van der Waals surface area contributed by atoms with Crippen LogP contribution in [0.25, 0.3) is 16.9 Å². The van der Waals surface area contributed by atoms with E-state index in [0.717, 1.165) is 29.0 Å². The first-order valence-electron chi connectivity index (χ1n) is 17.7. The van der Waals surface area contributed by atoms with Crippen LogP contribution >= 0.6 is 0 Å². The Kier molecular flexibility index (Phi) is 8.12. The molecule has 52 heavy (non-hydrogen) atoms. The van der Waals surface area contributed by atoms with Crippen LogP contribution in [0.2, 0.25) is 0 Å². The first-order chi connectivity index (χ1) is 24.7. The maximum atomic E-state index is 15.8. The van der Waals surface area contributed by atoms with Crippen molar-refractivity contribution in [1.29, 1.82) is 0 Å². The summed E-state index contributed by atoms with van der Waals surface area (Å²) in [5.41, 5.74) is 2.89. The minimum absolute atomic E-state index is 0.147. The van der Waals surface area contributed by atoms with Crippen molar-refractivity contribution in [1.82, 2.24) is 34.7 Å². The Hall–Kier alpha value is -4.92. The molecule has 2 saturated heterocycles. The second kappa shape index (κ2) is 12.3. The molecule has 12 nitrogen and oxygen atoms in total. The number of carbonyl (C=O) groups excluding carboxylic acids is 2. The lowest BCUT2D eigenvalue weighted by molar-refractivity contribution is -0.223. The summed E-state index contributed by atoms with van der Waals surface area (Å²) in [6.45, 7) is 5.81. The van der Waals surface area contributed by atoms with Crippen molar-refractivity contribution >= 4 is 34.8 Å². The maximum Gasteiger partial charge on any atom is 0.410 e. The third-order valence-electron chi connectivity index (χ3n) is 10.5. The minimum Gasteiger partial charge on any atom is -0.444 e. The average Bonchev–Trinajstić information content (AvgIpc) is 3.60. The second-order valence-electron chi connectivity index (χ2n) is 15.5. The molecule has 3 aromatic heterocycles. The number of imidazole rings is 1. The maximum absolute atomic E-state index is 15.8. The van der Waals surface area contributed by atoms with Gasteiger partial charge in [0, 0.05) is 69.3 Å². The fourth-order valence-electron chi connectivity index (χ4n) is 7.64. The smallest absolute Gasteiger partial charge is 0.410 e. The van der Waals surface area contributed by atoms with Crippen LogP contribution in [-0.4, -0.2) is 98.7 Å². The lowest BCUT2D eigenvalue weighted by atomic mass is 9.69. The first-order valence-corrected chi connectivity index (χ1v) is 17.7. The number of carbonyl (C=O) groups is 2. The summed E-state index contributed by atoms with van der Waals surface area (Å²) in [4.78, 5) is 39.4. The van der Waals surface area contributed by atoms with Crippen molar-refractivity contribution in [3.63, 3.8) is 0 Å². The van der Waals surface area contributed by atoms with E-state index in [4.69, 9.17) is 9.84 Å². The van der Waals surface area contributed by atoms with Gasteiger partial charge in [-0.2, -0.15) is 0 Å². The molecule has 3 fully saturated rings. The van der Waals surface area contributed by atoms with E-state index in [1.807, 2.05) is 34.1 Å². The monoisotopic (exact) mass is 717 g/mol. The van der Waals surface area contributed by atoms with Gasteiger partial charge in [-0.3, -0.25) is 14.7 Å². The number of fused-ring (bicyclic) bond motifs is 2. The number of rotatable bonds is 7. The molecule has 15 heteroatoms. The molecule has 1 saturated carbocycles. The van der Waals surface area contributed by atoms with Crippen LogP contribution in [0.4, 0.5) is 35.2 Å². The summed E-state index contributed by atoms with van der Waals surface area (Å²) in [7, 11) is 1.79. The van der Waals surface area contributed by atoms with Gasteiger partial charge in [-0.1, -0.05) is 12.1 Å². The summed E-state index contributed by atoms with van der Waals surface area (Å²) < 4.78 is 53.5. The number of aromatic nitrogens is 4. The van der Waals surface area contributed by atoms with E-state index in [9.17, 15) is 9.59 Å². The molecular formula is C37H42F3N9O3. The Morgan fingerprint density at radius 3 is 2.54 bits per heavy atom. The predicted molar refractivity (Wildman–Crippen MR) is 188 cm³/mol. The molecule has 0 bridgehead atoms. The Labute approximate surface area is 299 Å². The number of amides is 2. The van der Waals surface area contributed by atoms with Gasteiger partial charge in [-0.05, 0) is 69.7 Å². The van der Waals surface area contributed by atoms with Crippen LogP contribution < -0.4 is 15.5 Å². The SMILES string of the molecule is CNc1cc(N2CCc3c(-c4ncc(CN5CC6(CCN(C(=O)OC(C)(C)C)CC6(F)F)C5)cc4F)cccc32)nn2c(C(=O)NC3CC3)cnc12. The van der Waals surface area contributed by atoms with Gasteiger partial charge < -0.3 is 25.2 Å². The van der Waals surface area contributed by atoms with Gasteiger partial charge in [0.2, 0.25) is 0 Å². The number of alkyl halides is 2. The van der Waals surface area contributed by atoms with E-state index < -0.39 is 35.4 Å². The van der Waals surface area contributed by atoms with Crippen LogP contribution in [0.15, 0.2) is 42.7 Å². The molecule has 1 spiro atoms. The molecule has 1 aliphatic carbocycles. The van der Waals surface area contributed by atoms with Crippen molar-refractivity contribution in [2.75, 3.05) is 50.0 Å². The molecule has 0 atom stereocenters. The average molecular weight is 718 g/mol. The summed E-state index contributed by atoms with van der Waals surface area (Å²) >= 11 is 0. The molecule has 2 N–H and O–H groups in total. The molecule has 6 heterocycles. The highest BCUT2D eigenvalue weighted by Crippen LogP contribution is 2.50. The first kappa shape index (κ1) is 34.2. The van der Waals surface area contributed by atoms with E-state index in [-0.39, 0.29) is 50.2 Å². The van der Waals surface area contributed by atoms with Crippen LogP contribution in [0.5, 0.6) is 0 Å². The molecule has 4 aromatic rings. The van der Waals surface area contributed by atoms with Crippen LogP contribution in [0, 0.1) is 11.2 Å². The topological polar surface area (TPSA) is 120 Å². The molecule has 3 aliphatic heterocycles. The van der Waals surface area contributed by atoms with Gasteiger partial charge in [-0.25, -0.2) is 27.5 Å². The number of likely N-dealkylation sites (tertiary alicyclic amines) is 2. The number of hydrogen-bond donors (Lipinski definition) is 2.